The minimum atomic E-state index is -0.625. The largest absolute Gasteiger partial charge is 0.354 e. The molecule has 1 aromatic carbocycles. The van der Waals surface area contributed by atoms with Crippen LogP contribution in [0.1, 0.15) is 51.5 Å². The van der Waals surface area contributed by atoms with Gasteiger partial charge < -0.3 is 16.4 Å². The number of carbonyl (C=O) groups excluding carboxylic acids is 2. The molecule has 4 saturated carbocycles. The van der Waals surface area contributed by atoms with Gasteiger partial charge in [0.15, 0.2) is 0 Å². The first kappa shape index (κ1) is 25.2. The number of rotatable bonds is 7. The van der Waals surface area contributed by atoms with Crippen LogP contribution in [0.25, 0.3) is 0 Å². The van der Waals surface area contributed by atoms with Gasteiger partial charge in [-0.3, -0.25) is 14.6 Å². The number of carbonyl (C=O) groups is 2. The van der Waals surface area contributed by atoms with Crippen molar-refractivity contribution in [2.24, 2.45) is 34.8 Å². The van der Waals surface area contributed by atoms with Crippen molar-refractivity contribution in [2.75, 3.05) is 11.9 Å². The Hall–Kier alpha value is -2.51. The van der Waals surface area contributed by atoms with Gasteiger partial charge in [-0.25, -0.2) is 4.39 Å². The molecular weight excluding hydrogens is 479 g/mol. The zero-order valence-corrected chi connectivity index (χ0v) is 21.5. The number of pyridine rings is 1. The van der Waals surface area contributed by atoms with Gasteiger partial charge in [0.25, 0.3) is 0 Å². The number of nitrogens with two attached hydrogens (primary N) is 1. The van der Waals surface area contributed by atoms with Gasteiger partial charge in [-0.15, -0.1) is 0 Å². The fraction of sp³-hybridized carbons (Fsp3) is 0.536. The van der Waals surface area contributed by atoms with E-state index in [-0.39, 0.29) is 40.8 Å². The predicted octanol–water partition coefficient (Wildman–Crippen LogP) is 4.68. The number of nitrogens with zero attached hydrogens (tertiary/aromatic N) is 1. The maximum atomic E-state index is 13.5. The molecular formula is C28H34ClFN4O2. The molecule has 4 fully saturated rings. The molecule has 2 aromatic rings. The van der Waals surface area contributed by atoms with Gasteiger partial charge >= 0.3 is 0 Å². The summed E-state index contributed by atoms with van der Waals surface area (Å²) < 4.78 is 13.5. The van der Waals surface area contributed by atoms with Crippen molar-refractivity contribution in [1.82, 2.24) is 10.3 Å². The van der Waals surface area contributed by atoms with Gasteiger partial charge in [0.05, 0.1) is 11.5 Å². The van der Waals surface area contributed by atoms with Crippen molar-refractivity contribution in [2.45, 2.75) is 57.4 Å². The molecule has 1 aromatic heterocycles. The number of hydrogen-bond donors (Lipinski definition) is 3. The van der Waals surface area contributed by atoms with Gasteiger partial charge in [0.1, 0.15) is 5.82 Å². The molecule has 3 atom stereocenters. The molecule has 8 heteroatoms. The summed E-state index contributed by atoms with van der Waals surface area (Å²) in [5, 5.41) is 6.48. The van der Waals surface area contributed by atoms with E-state index in [0.29, 0.717) is 17.5 Å². The van der Waals surface area contributed by atoms with Crippen LogP contribution in [-0.2, 0) is 15.0 Å². The normalized spacial score (nSPS) is 29.6. The fourth-order valence-electron chi connectivity index (χ4n) is 7.36. The molecule has 6 rings (SSSR count). The number of halogens is 2. The maximum absolute atomic E-state index is 13.5. The van der Waals surface area contributed by atoms with E-state index in [1.807, 2.05) is 26.0 Å². The van der Waals surface area contributed by atoms with Gasteiger partial charge in [-0.2, -0.15) is 0 Å². The summed E-state index contributed by atoms with van der Waals surface area (Å²) in [6.45, 7) is 4.27. The molecule has 0 spiro atoms. The summed E-state index contributed by atoms with van der Waals surface area (Å²) in [6.07, 6.45) is 7.88. The van der Waals surface area contributed by atoms with Gasteiger partial charge in [-0.1, -0.05) is 31.5 Å². The van der Waals surface area contributed by atoms with Gasteiger partial charge in [0.2, 0.25) is 11.8 Å². The number of anilines is 1. The molecule has 3 unspecified atom stereocenters. The van der Waals surface area contributed by atoms with Crippen molar-refractivity contribution in [1.29, 1.82) is 0 Å². The number of nitrogens with one attached hydrogen (secondary N) is 2. The summed E-state index contributed by atoms with van der Waals surface area (Å²) in [6, 6.07) is 7.33. The van der Waals surface area contributed by atoms with Crippen molar-refractivity contribution in [3.63, 3.8) is 0 Å². The monoisotopic (exact) mass is 512 g/mol. The Balaban J connectivity index is 1.25. The molecule has 1 heterocycles. The molecule has 2 amide bonds. The molecule has 36 heavy (non-hydrogen) atoms. The third kappa shape index (κ3) is 4.63. The Morgan fingerprint density at radius 2 is 1.83 bits per heavy atom. The Morgan fingerprint density at radius 3 is 2.47 bits per heavy atom. The van der Waals surface area contributed by atoms with E-state index in [1.165, 1.54) is 12.1 Å². The third-order valence-electron chi connectivity index (χ3n) is 8.85. The summed E-state index contributed by atoms with van der Waals surface area (Å²) in [5.41, 5.74) is 7.28. The topological polar surface area (TPSA) is 97.1 Å². The molecule has 0 radical (unpaired) electrons. The van der Waals surface area contributed by atoms with E-state index in [1.54, 1.807) is 18.5 Å². The van der Waals surface area contributed by atoms with Crippen LogP contribution in [0.2, 0.25) is 5.02 Å². The highest BCUT2D eigenvalue weighted by Crippen LogP contribution is 2.63. The Labute approximate surface area is 216 Å². The second kappa shape index (κ2) is 9.42. The Kier molecular flexibility index (Phi) is 6.58. The van der Waals surface area contributed by atoms with E-state index < -0.39 is 11.5 Å². The highest BCUT2D eigenvalue weighted by molar-refractivity contribution is 6.31. The van der Waals surface area contributed by atoms with E-state index in [0.717, 1.165) is 43.4 Å². The highest BCUT2D eigenvalue weighted by Gasteiger charge is 2.60. The number of hydrogen-bond acceptors (Lipinski definition) is 4. The van der Waals surface area contributed by atoms with Gasteiger partial charge in [-0.05, 0) is 85.6 Å². The van der Waals surface area contributed by atoms with Crippen LogP contribution in [-0.4, -0.2) is 29.4 Å². The van der Waals surface area contributed by atoms with E-state index in [9.17, 15) is 14.0 Å². The number of aromatic nitrogens is 1. The number of benzene rings is 1. The van der Waals surface area contributed by atoms with Crippen LogP contribution in [0.5, 0.6) is 0 Å². The second-order valence-electron chi connectivity index (χ2n) is 11.8. The van der Waals surface area contributed by atoms with Crippen molar-refractivity contribution in [3.05, 3.63) is 59.1 Å². The first-order valence-corrected chi connectivity index (χ1v) is 13.2. The minimum absolute atomic E-state index is 0.0703. The fourth-order valence-corrected chi connectivity index (χ4v) is 7.78. The van der Waals surface area contributed by atoms with E-state index in [4.69, 9.17) is 17.3 Å². The van der Waals surface area contributed by atoms with Crippen molar-refractivity contribution in [3.8, 4) is 0 Å². The molecule has 4 aliphatic carbocycles. The number of amides is 2. The van der Waals surface area contributed by atoms with Crippen LogP contribution in [0.3, 0.4) is 0 Å². The SMILES string of the molecule is CC(C)(CNC(=O)C(N)C1C2CC3CC1CC(C(=O)Nc1ccncc1)(C3)C2)c1ccc(F)cc1Cl. The standard InChI is InChI=1S/C28H34ClFN4O2/c1-27(2,21-4-3-19(30)11-22(21)29)15-33-25(35)24(31)23-17-9-16-10-18(23)14-28(12-16,13-17)26(36)34-20-5-7-32-8-6-20/h3-8,11,16-18,23-24H,9-10,12-15,31H2,1-2H3,(H,33,35)(H,32,34,36). The molecule has 0 saturated heterocycles. The van der Waals surface area contributed by atoms with Crippen molar-refractivity contribution < 1.29 is 14.0 Å². The molecule has 6 nitrogen and oxygen atoms in total. The third-order valence-corrected chi connectivity index (χ3v) is 9.16. The zero-order chi connectivity index (χ0) is 25.7. The van der Waals surface area contributed by atoms with Crippen LogP contribution in [0, 0.1) is 34.9 Å². The Morgan fingerprint density at radius 1 is 1.17 bits per heavy atom. The molecule has 4 N–H and O–H groups in total. The van der Waals surface area contributed by atoms with Crippen LogP contribution in [0.4, 0.5) is 10.1 Å². The van der Waals surface area contributed by atoms with Crippen LogP contribution < -0.4 is 16.4 Å². The highest BCUT2D eigenvalue weighted by atomic mass is 35.5. The van der Waals surface area contributed by atoms with Gasteiger partial charge in [0, 0.05) is 35.1 Å². The average molecular weight is 513 g/mol. The smallest absolute Gasteiger partial charge is 0.237 e. The second-order valence-corrected chi connectivity index (χ2v) is 12.2. The predicted molar refractivity (Wildman–Crippen MR) is 138 cm³/mol. The average Bonchev–Trinajstić information content (AvgIpc) is 2.82. The molecule has 192 valence electrons. The quantitative estimate of drug-likeness (QED) is 0.502. The summed E-state index contributed by atoms with van der Waals surface area (Å²) in [7, 11) is 0. The zero-order valence-electron chi connectivity index (χ0n) is 20.8. The van der Waals surface area contributed by atoms with E-state index >= 15 is 0 Å². The lowest BCUT2D eigenvalue weighted by atomic mass is 9.45. The lowest BCUT2D eigenvalue weighted by Gasteiger charge is -2.60. The summed E-state index contributed by atoms with van der Waals surface area (Å²) in [4.78, 5) is 30.6. The summed E-state index contributed by atoms with van der Waals surface area (Å²) >= 11 is 6.27. The Bertz CT molecular complexity index is 1140. The van der Waals surface area contributed by atoms with Crippen LogP contribution >= 0.6 is 11.6 Å². The lowest BCUT2D eigenvalue weighted by Crippen LogP contribution is -2.61. The first-order valence-electron chi connectivity index (χ1n) is 12.8. The summed E-state index contributed by atoms with van der Waals surface area (Å²) in [5.74, 6) is 0.633. The van der Waals surface area contributed by atoms with Crippen molar-refractivity contribution >= 4 is 29.1 Å². The lowest BCUT2D eigenvalue weighted by molar-refractivity contribution is -0.151. The maximum Gasteiger partial charge on any atom is 0.237 e. The molecule has 4 aliphatic rings. The van der Waals surface area contributed by atoms with E-state index in [2.05, 4.69) is 15.6 Å². The first-order chi connectivity index (χ1) is 17.1. The molecule has 0 aliphatic heterocycles. The molecule has 4 bridgehead atoms. The van der Waals surface area contributed by atoms with Crippen LogP contribution in [0.15, 0.2) is 42.7 Å². The minimum Gasteiger partial charge on any atom is -0.354 e.